The summed E-state index contributed by atoms with van der Waals surface area (Å²) >= 11 is 3.82. The quantitative estimate of drug-likeness (QED) is 0.573. The predicted octanol–water partition coefficient (Wildman–Crippen LogP) is 1.88. The predicted molar refractivity (Wildman–Crippen MR) is 46.9 cm³/mol. The molecule has 0 amide bonds. The van der Waals surface area contributed by atoms with E-state index < -0.39 is 0 Å². The average molecular weight is 162 g/mol. The Morgan fingerprint density at radius 2 is 1.89 bits per heavy atom. The maximum Gasteiger partial charge on any atom is 0.432 e. The van der Waals surface area contributed by atoms with E-state index in [9.17, 15) is 0 Å². The summed E-state index contributed by atoms with van der Waals surface area (Å²) in [6.07, 6.45) is 0.382. The van der Waals surface area contributed by atoms with Gasteiger partial charge in [-0.05, 0) is 25.4 Å². The third kappa shape index (κ3) is 2.87. The highest BCUT2D eigenvalue weighted by atomic mass is 32.2. The zero-order valence-corrected chi connectivity index (χ0v) is 7.43. The molecule has 1 fully saturated rings. The highest BCUT2D eigenvalue weighted by Crippen LogP contribution is 2.29. The van der Waals surface area contributed by atoms with E-state index in [0.29, 0.717) is 11.6 Å². The van der Waals surface area contributed by atoms with Crippen LogP contribution in [0.4, 0.5) is 0 Å². The molecule has 0 aromatic rings. The van der Waals surface area contributed by atoms with Crippen molar-refractivity contribution in [2.75, 3.05) is 11.5 Å². The molecule has 1 heterocycles. The number of rotatable bonds is 2. The van der Waals surface area contributed by atoms with Gasteiger partial charge >= 0.3 is 5.47 Å². The molecule has 0 bridgehead atoms. The van der Waals surface area contributed by atoms with Crippen molar-refractivity contribution in [3.63, 3.8) is 0 Å². The SMILES string of the molecule is CC(C)OB1SCCS1. The second kappa shape index (κ2) is 3.79. The minimum Gasteiger partial charge on any atom is -0.415 e. The Labute approximate surface area is 65.2 Å². The van der Waals surface area contributed by atoms with Gasteiger partial charge in [0.1, 0.15) is 0 Å². The van der Waals surface area contributed by atoms with E-state index in [1.54, 1.807) is 0 Å². The van der Waals surface area contributed by atoms with Crippen molar-refractivity contribution < 1.29 is 4.65 Å². The molecule has 0 atom stereocenters. The van der Waals surface area contributed by atoms with Crippen molar-refractivity contribution in [2.45, 2.75) is 20.0 Å². The van der Waals surface area contributed by atoms with Gasteiger partial charge in [0, 0.05) is 6.10 Å². The smallest absolute Gasteiger partial charge is 0.415 e. The van der Waals surface area contributed by atoms with Crippen LogP contribution < -0.4 is 0 Å². The summed E-state index contributed by atoms with van der Waals surface area (Å²) in [7, 11) is 0. The maximum absolute atomic E-state index is 5.54. The van der Waals surface area contributed by atoms with Crippen molar-refractivity contribution in [3.05, 3.63) is 0 Å². The molecule has 9 heavy (non-hydrogen) atoms. The normalized spacial score (nSPS) is 19.7. The number of hydrogen-bond acceptors (Lipinski definition) is 3. The van der Waals surface area contributed by atoms with Crippen molar-refractivity contribution in [1.29, 1.82) is 0 Å². The molecule has 1 nitrogen and oxygen atoms in total. The maximum atomic E-state index is 5.54. The molecule has 1 saturated heterocycles. The monoisotopic (exact) mass is 162 g/mol. The summed E-state index contributed by atoms with van der Waals surface area (Å²) in [5.74, 6) is 2.50. The summed E-state index contributed by atoms with van der Waals surface area (Å²) in [6, 6.07) is 0. The highest BCUT2D eigenvalue weighted by Gasteiger charge is 2.23. The fourth-order valence-corrected chi connectivity index (χ4v) is 3.36. The fourth-order valence-electron chi connectivity index (χ4n) is 0.638. The Kier molecular flexibility index (Phi) is 3.29. The Hall–Kier alpha value is 0.725. The van der Waals surface area contributed by atoms with Crippen molar-refractivity contribution in [2.24, 2.45) is 0 Å². The van der Waals surface area contributed by atoms with Gasteiger partial charge in [-0.2, -0.15) is 23.2 Å². The van der Waals surface area contributed by atoms with Gasteiger partial charge in [-0.15, -0.1) is 0 Å². The fraction of sp³-hybridized carbons (Fsp3) is 1.00. The van der Waals surface area contributed by atoms with E-state index in [-0.39, 0.29) is 0 Å². The van der Waals surface area contributed by atoms with Crippen LogP contribution in [0, 0.1) is 0 Å². The molecule has 0 saturated carbocycles. The summed E-state index contributed by atoms with van der Waals surface area (Å²) in [4.78, 5) is 0. The molecular weight excluding hydrogens is 151 g/mol. The Balaban J connectivity index is 2.11. The lowest BCUT2D eigenvalue weighted by Crippen LogP contribution is -2.12. The molecule has 1 rings (SSSR count). The molecule has 1 aliphatic heterocycles. The minimum atomic E-state index is 0.382. The first-order valence-corrected chi connectivity index (χ1v) is 5.27. The largest absolute Gasteiger partial charge is 0.432 e. The Morgan fingerprint density at radius 1 is 1.33 bits per heavy atom. The van der Waals surface area contributed by atoms with E-state index in [0.717, 1.165) is 0 Å². The van der Waals surface area contributed by atoms with Crippen LogP contribution in [-0.2, 0) is 4.65 Å². The lowest BCUT2D eigenvalue weighted by Gasteiger charge is -2.08. The van der Waals surface area contributed by atoms with E-state index in [2.05, 4.69) is 13.8 Å². The van der Waals surface area contributed by atoms with Crippen LogP contribution in [0.15, 0.2) is 0 Å². The molecule has 0 unspecified atom stereocenters. The number of hydrogen-bond donors (Lipinski definition) is 0. The van der Waals surface area contributed by atoms with Gasteiger partial charge in [-0.3, -0.25) is 0 Å². The first-order valence-electron chi connectivity index (χ1n) is 3.17. The van der Waals surface area contributed by atoms with Gasteiger partial charge in [0.25, 0.3) is 0 Å². The van der Waals surface area contributed by atoms with Crippen molar-refractivity contribution in [1.82, 2.24) is 0 Å². The van der Waals surface area contributed by atoms with E-state index >= 15 is 0 Å². The van der Waals surface area contributed by atoms with Gasteiger partial charge in [-0.1, -0.05) is 0 Å². The van der Waals surface area contributed by atoms with Crippen LogP contribution in [-0.4, -0.2) is 23.1 Å². The highest BCUT2D eigenvalue weighted by molar-refractivity contribution is 8.55. The van der Waals surface area contributed by atoms with Crippen LogP contribution in [0.2, 0.25) is 0 Å². The standard InChI is InChI=1S/C5H11BOS2/c1-5(2)7-6-8-3-4-9-6/h5H,3-4H2,1-2H3. The molecule has 0 N–H and O–H groups in total. The first-order chi connectivity index (χ1) is 4.29. The first kappa shape index (κ1) is 7.83. The molecule has 0 spiro atoms. The molecule has 0 radical (unpaired) electrons. The summed E-state index contributed by atoms with van der Waals surface area (Å²) in [5, 5.41) is 0. The van der Waals surface area contributed by atoms with Crippen LogP contribution in [0.1, 0.15) is 13.8 Å². The molecule has 52 valence electrons. The topological polar surface area (TPSA) is 9.23 Å². The van der Waals surface area contributed by atoms with Gasteiger partial charge in [0.2, 0.25) is 0 Å². The van der Waals surface area contributed by atoms with Crippen molar-refractivity contribution in [3.8, 4) is 0 Å². The van der Waals surface area contributed by atoms with Crippen LogP contribution in [0.3, 0.4) is 0 Å². The van der Waals surface area contributed by atoms with E-state index in [1.165, 1.54) is 11.5 Å². The lowest BCUT2D eigenvalue weighted by atomic mass is 10.4. The summed E-state index contributed by atoms with van der Waals surface area (Å²) < 4.78 is 5.54. The Morgan fingerprint density at radius 3 is 2.33 bits per heavy atom. The van der Waals surface area contributed by atoms with E-state index in [1.807, 2.05) is 23.2 Å². The van der Waals surface area contributed by atoms with Crippen LogP contribution >= 0.6 is 23.2 Å². The van der Waals surface area contributed by atoms with Crippen molar-refractivity contribution >= 4 is 28.7 Å². The average Bonchev–Trinajstić information content (AvgIpc) is 2.15. The molecule has 4 heteroatoms. The third-order valence-corrected chi connectivity index (χ3v) is 3.70. The van der Waals surface area contributed by atoms with Gasteiger partial charge < -0.3 is 4.65 Å². The summed E-state index contributed by atoms with van der Waals surface area (Å²) in [5.41, 5.74) is 0.421. The molecule has 0 aliphatic carbocycles. The second-order valence-electron chi connectivity index (χ2n) is 2.22. The third-order valence-electron chi connectivity index (χ3n) is 0.974. The van der Waals surface area contributed by atoms with Gasteiger partial charge in [0.05, 0.1) is 0 Å². The lowest BCUT2D eigenvalue weighted by molar-refractivity contribution is 0.261. The van der Waals surface area contributed by atoms with Crippen LogP contribution in [0.25, 0.3) is 0 Å². The molecule has 1 aliphatic rings. The van der Waals surface area contributed by atoms with E-state index in [4.69, 9.17) is 4.65 Å². The zero-order chi connectivity index (χ0) is 6.69. The minimum absolute atomic E-state index is 0.382. The Bertz CT molecular complexity index is 83.0. The van der Waals surface area contributed by atoms with Crippen LogP contribution in [0.5, 0.6) is 0 Å². The molecule has 0 aromatic carbocycles. The second-order valence-corrected chi connectivity index (χ2v) is 4.85. The molecular formula is C5H11BOS2. The van der Waals surface area contributed by atoms with Gasteiger partial charge in [-0.25, -0.2) is 0 Å². The van der Waals surface area contributed by atoms with Gasteiger partial charge in [0.15, 0.2) is 0 Å². The zero-order valence-electron chi connectivity index (χ0n) is 5.79. The molecule has 0 aromatic heterocycles. The summed E-state index contributed by atoms with van der Waals surface area (Å²) in [6.45, 7) is 4.17.